The summed E-state index contributed by atoms with van der Waals surface area (Å²) in [7, 11) is 3.81. The van der Waals surface area contributed by atoms with Crippen LogP contribution in [0.2, 0.25) is 0 Å². The van der Waals surface area contributed by atoms with Gasteiger partial charge in [-0.1, -0.05) is 0 Å². The van der Waals surface area contributed by atoms with Gasteiger partial charge in [0.2, 0.25) is 5.78 Å². The van der Waals surface area contributed by atoms with Crippen molar-refractivity contribution in [3.63, 3.8) is 0 Å². The number of rotatable bonds is 5. The molecule has 0 N–H and O–H groups in total. The maximum absolute atomic E-state index is 13.0. The minimum Gasteiger partial charge on any atom is -0.486 e. The van der Waals surface area contributed by atoms with Gasteiger partial charge in [0.05, 0.1) is 5.69 Å². The Hall–Kier alpha value is -3.13. The molecular weight excluding hydrogens is 394 g/mol. The van der Waals surface area contributed by atoms with Gasteiger partial charge < -0.3 is 14.0 Å². The summed E-state index contributed by atoms with van der Waals surface area (Å²) in [5, 5.41) is 4.72. The molecule has 0 bridgehead atoms. The Morgan fingerprint density at radius 1 is 1.19 bits per heavy atom. The lowest BCUT2D eigenvalue weighted by atomic mass is 9.93. The van der Waals surface area contributed by atoms with E-state index in [9.17, 15) is 4.79 Å². The van der Waals surface area contributed by atoms with Crippen LogP contribution >= 0.6 is 0 Å². The first-order valence-electron chi connectivity index (χ1n) is 10.7. The van der Waals surface area contributed by atoms with Crippen LogP contribution in [0.15, 0.2) is 36.8 Å². The van der Waals surface area contributed by atoms with E-state index in [-0.39, 0.29) is 11.7 Å². The van der Waals surface area contributed by atoms with E-state index in [2.05, 4.69) is 16.1 Å². The first-order chi connectivity index (χ1) is 15.1. The Labute approximate surface area is 181 Å². The summed E-state index contributed by atoms with van der Waals surface area (Å²) in [6.45, 7) is 3.60. The fourth-order valence-electron chi connectivity index (χ4n) is 4.53. The zero-order valence-electron chi connectivity index (χ0n) is 18.0. The van der Waals surface area contributed by atoms with E-state index < -0.39 is 0 Å². The second kappa shape index (κ2) is 8.19. The van der Waals surface area contributed by atoms with E-state index in [0.29, 0.717) is 19.0 Å². The molecule has 1 aromatic carbocycles. The predicted molar refractivity (Wildman–Crippen MR) is 115 cm³/mol. The first-order valence-corrected chi connectivity index (χ1v) is 10.7. The summed E-state index contributed by atoms with van der Waals surface area (Å²) in [5.74, 6) is 2.20. The van der Waals surface area contributed by atoms with Crippen molar-refractivity contribution in [2.75, 3.05) is 26.3 Å². The molecule has 5 rings (SSSR count). The minimum atomic E-state index is -0.0238. The standard InChI is InChI=1S/C23H27N5O3/c1-26-9-7-24-23(26)22(29)17-4-3-8-28(14-17)15-18-13-27(2)25-21(18)16-5-6-19-20(12-16)31-11-10-30-19/h5-7,9,12-13,17H,3-4,8,10-11,14-15H2,1-2H3/t17-/m1/s1. The van der Waals surface area contributed by atoms with Crippen LogP contribution in [0.5, 0.6) is 11.5 Å². The van der Waals surface area contributed by atoms with E-state index in [1.165, 1.54) is 0 Å². The average Bonchev–Trinajstić information content (AvgIpc) is 3.38. The number of carbonyl (C=O) groups excluding carboxylic acids is 1. The number of nitrogens with zero attached hydrogens (tertiary/aromatic N) is 5. The van der Waals surface area contributed by atoms with Crippen molar-refractivity contribution < 1.29 is 14.3 Å². The van der Waals surface area contributed by atoms with E-state index >= 15 is 0 Å². The minimum absolute atomic E-state index is 0.0238. The van der Waals surface area contributed by atoms with Crippen LogP contribution in [0.25, 0.3) is 11.3 Å². The highest BCUT2D eigenvalue weighted by Gasteiger charge is 2.29. The second-order valence-corrected chi connectivity index (χ2v) is 8.34. The highest BCUT2D eigenvalue weighted by atomic mass is 16.6. The van der Waals surface area contributed by atoms with Gasteiger partial charge in [-0.05, 0) is 37.6 Å². The molecular formula is C23H27N5O3. The van der Waals surface area contributed by atoms with Gasteiger partial charge in [-0.2, -0.15) is 5.10 Å². The number of Topliss-reactive ketones (excluding diaryl/α,β-unsaturated/α-hetero) is 1. The molecule has 0 radical (unpaired) electrons. The van der Waals surface area contributed by atoms with Crippen molar-refractivity contribution in [1.82, 2.24) is 24.2 Å². The van der Waals surface area contributed by atoms with E-state index in [1.54, 1.807) is 6.20 Å². The van der Waals surface area contributed by atoms with Crippen LogP contribution in [-0.2, 0) is 20.6 Å². The van der Waals surface area contributed by atoms with Crippen molar-refractivity contribution in [3.05, 3.63) is 48.2 Å². The van der Waals surface area contributed by atoms with Gasteiger partial charge >= 0.3 is 0 Å². The number of aryl methyl sites for hydroxylation is 2. The zero-order chi connectivity index (χ0) is 21.4. The maximum atomic E-state index is 13.0. The van der Waals surface area contributed by atoms with Crippen molar-refractivity contribution in [2.24, 2.45) is 20.0 Å². The topological polar surface area (TPSA) is 74.4 Å². The lowest BCUT2D eigenvalue weighted by molar-refractivity contribution is 0.0798. The molecule has 1 fully saturated rings. The van der Waals surface area contributed by atoms with Gasteiger partial charge in [0.25, 0.3) is 0 Å². The van der Waals surface area contributed by atoms with Gasteiger partial charge in [-0.3, -0.25) is 14.4 Å². The quantitative estimate of drug-likeness (QED) is 0.590. The van der Waals surface area contributed by atoms with Crippen molar-refractivity contribution in [2.45, 2.75) is 19.4 Å². The van der Waals surface area contributed by atoms with E-state index in [4.69, 9.17) is 14.6 Å². The smallest absolute Gasteiger partial charge is 0.202 e. The first kappa shape index (κ1) is 19.8. The van der Waals surface area contributed by atoms with Gasteiger partial charge in [-0.15, -0.1) is 0 Å². The number of ketones is 1. The molecule has 2 aliphatic rings. The fourth-order valence-corrected chi connectivity index (χ4v) is 4.53. The van der Waals surface area contributed by atoms with Crippen molar-refractivity contribution in [1.29, 1.82) is 0 Å². The molecule has 8 heteroatoms. The number of carbonyl (C=O) groups is 1. The number of hydrogen-bond donors (Lipinski definition) is 0. The summed E-state index contributed by atoms with van der Waals surface area (Å²) >= 11 is 0. The Bertz CT molecular complexity index is 1100. The number of piperidine rings is 1. The Morgan fingerprint density at radius 3 is 2.84 bits per heavy atom. The molecule has 0 unspecified atom stereocenters. The highest BCUT2D eigenvalue weighted by Crippen LogP contribution is 2.35. The molecule has 31 heavy (non-hydrogen) atoms. The number of benzene rings is 1. The number of hydrogen-bond acceptors (Lipinski definition) is 6. The van der Waals surface area contributed by atoms with E-state index in [1.807, 2.05) is 47.7 Å². The number of likely N-dealkylation sites (tertiary alicyclic amines) is 1. The van der Waals surface area contributed by atoms with Gasteiger partial charge in [-0.25, -0.2) is 4.98 Å². The normalized spacial score (nSPS) is 18.8. The second-order valence-electron chi connectivity index (χ2n) is 8.34. The molecule has 3 aromatic rings. The van der Waals surface area contributed by atoms with Crippen LogP contribution < -0.4 is 9.47 Å². The molecule has 0 saturated carbocycles. The molecule has 0 aliphatic carbocycles. The van der Waals surface area contributed by atoms with Gasteiger partial charge in [0, 0.05) is 62.8 Å². The molecule has 8 nitrogen and oxygen atoms in total. The Kier molecular flexibility index (Phi) is 5.23. The number of imidazole rings is 1. The van der Waals surface area contributed by atoms with Crippen molar-refractivity contribution >= 4 is 5.78 Å². The monoisotopic (exact) mass is 421 g/mol. The lowest BCUT2D eigenvalue weighted by Gasteiger charge is -2.31. The molecule has 2 aromatic heterocycles. The van der Waals surface area contributed by atoms with Crippen LogP contribution in [0, 0.1) is 5.92 Å². The summed E-state index contributed by atoms with van der Waals surface area (Å²) in [5.41, 5.74) is 3.10. The van der Waals surface area contributed by atoms with Crippen molar-refractivity contribution in [3.8, 4) is 22.8 Å². The lowest BCUT2D eigenvalue weighted by Crippen LogP contribution is -2.38. The number of ether oxygens (including phenoxy) is 2. The number of aromatic nitrogens is 4. The maximum Gasteiger partial charge on any atom is 0.202 e. The largest absolute Gasteiger partial charge is 0.486 e. The predicted octanol–water partition coefficient (Wildman–Crippen LogP) is 2.69. The average molecular weight is 422 g/mol. The molecule has 1 saturated heterocycles. The third kappa shape index (κ3) is 3.95. The molecule has 162 valence electrons. The SMILES string of the molecule is Cn1cc(CN2CCC[C@@H](C(=O)c3nccn3C)C2)c(-c2ccc3c(c2)OCCO3)n1. The van der Waals surface area contributed by atoms with Crippen LogP contribution in [-0.4, -0.2) is 56.3 Å². The molecule has 1 atom stereocenters. The molecule has 4 heterocycles. The zero-order valence-corrected chi connectivity index (χ0v) is 18.0. The molecule has 0 spiro atoms. The van der Waals surface area contributed by atoms with Gasteiger partial charge in [0.15, 0.2) is 17.3 Å². The molecule has 0 amide bonds. The molecule has 2 aliphatic heterocycles. The Balaban J connectivity index is 1.35. The summed E-state index contributed by atoms with van der Waals surface area (Å²) in [4.78, 5) is 19.6. The summed E-state index contributed by atoms with van der Waals surface area (Å²) in [6.07, 6.45) is 7.48. The van der Waals surface area contributed by atoms with Gasteiger partial charge in [0.1, 0.15) is 13.2 Å². The van der Waals surface area contributed by atoms with Crippen LogP contribution in [0.4, 0.5) is 0 Å². The highest BCUT2D eigenvalue weighted by molar-refractivity contribution is 5.95. The van der Waals surface area contributed by atoms with E-state index in [0.717, 1.165) is 60.8 Å². The van der Waals surface area contributed by atoms with Crippen LogP contribution in [0.1, 0.15) is 29.0 Å². The summed E-state index contributed by atoms with van der Waals surface area (Å²) < 4.78 is 15.1. The third-order valence-corrected chi connectivity index (χ3v) is 6.03. The summed E-state index contributed by atoms with van der Waals surface area (Å²) in [6, 6.07) is 5.98. The third-order valence-electron chi connectivity index (χ3n) is 6.03. The number of fused-ring (bicyclic) bond motifs is 1. The van der Waals surface area contributed by atoms with Crippen LogP contribution in [0.3, 0.4) is 0 Å². The Morgan fingerprint density at radius 2 is 2.03 bits per heavy atom. The fraction of sp³-hybridized carbons (Fsp3) is 0.435.